The number of amides is 1. The average molecular weight is 404 g/mol. The zero-order valence-corrected chi connectivity index (χ0v) is 16.1. The van der Waals surface area contributed by atoms with Crippen molar-refractivity contribution in [1.82, 2.24) is 10.3 Å². The number of hydrogen-bond acceptors (Lipinski definition) is 5. The molecule has 2 fully saturated rings. The molecule has 0 spiro atoms. The molecule has 0 aromatic carbocycles. The topological polar surface area (TPSA) is 63.7 Å². The second-order valence-electron chi connectivity index (χ2n) is 7.37. The summed E-state index contributed by atoms with van der Waals surface area (Å²) in [7, 11) is 0. The lowest BCUT2D eigenvalue weighted by molar-refractivity contribution is -0.120. The van der Waals surface area contributed by atoms with E-state index >= 15 is 0 Å². The Kier molecular flexibility index (Phi) is 6.05. The summed E-state index contributed by atoms with van der Waals surface area (Å²) in [4.78, 5) is 16.6. The minimum atomic E-state index is -2.66. The molecule has 2 aliphatic rings. The molecule has 1 atom stereocenters. The van der Waals surface area contributed by atoms with Gasteiger partial charge >= 0.3 is 0 Å². The number of carbonyl (C=O) groups excluding carboxylic acids is 1. The van der Waals surface area contributed by atoms with Crippen LogP contribution in [0.15, 0.2) is 12.3 Å². The van der Waals surface area contributed by atoms with Crippen molar-refractivity contribution >= 4 is 23.2 Å². The molecule has 0 unspecified atom stereocenters. The molecule has 1 N–H and O–H groups in total. The molecule has 0 bridgehead atoms. The van der Waals surface area contributed by atoms with Crippen LogP contribution >= 0.6 is 11.6 Å². The summed E-state index contributed by atoms with van der Waals surface area (Å²) in [5.74, 6) is -2.13. The first-order chi connectivity index (χ1) is 12.7. The Hall–Kier alpha value is -1.67. The van der Waals surface area contributed by atoms with Crippen molar-refractivity contribution in [3.05, 3.63) is 17.3 Å². The highest BCUT2D eigenvalue weighted by Crippen LogP contribution is 2.39. The van der Waals surface area contributed by atoms with Crippen LogP contribution in [-0.2, 0) is 9.53 Å². The van der Waals surface area contributed by atoms with Crippen LogP contribution < -0.4 is 15.0 Å². The van der Waals surface area contributed by atoms with E-state index < -0.39 is 5.92 Å². The lowest BCUT2D eigenvalue weighted by atomic mass is 9.83. The summed E-state index contributed by atoms with van der Waals surface area (Å²) in [6.07, 6.45) is 3.40. The molecule has 6 nitrogen and oxygen atoms in total. The summed E-state index contributed by atoms with van der Waals surface area (Å²) < 4.78 is 37.6. The van der Waals surface area contributed by atoms with Gasteiger partial charge in [0.2, 0.25) is 11.8 Å². The molecule has 1 aromatic rings. The van der Waals surface area contributed by atoms with Crippen LogP contribution in [-0.4, -0.2) is 55.3 Å². The Morgan fingerprint density at radius 3 is 2.81 bits per heavy atom. The van der Waals surface area contributed by atoms with E-state index in [1.165, 1.54) is 18.0 Å². The van der Waals surface area contributed by atoms with Gasteiger partial charge in [0.15, 0.2) is 0 Å². The molecule has 1 amide bonds. The summed E-state index contributed by atoms with van der Waals surface area (Å²) in [6, 6.07) is 1.60. The SMILES string of the molecule is CC(=O)N[C@@H](C)COC1CC(COc2nccc(N3CC(F)(F)C3)c2Cl)C1. The van der Waals surface area contributed by atoms with Gasteiger partial charge in [0.05, 0.1) is 38.1 Å². The standard InChI is InChI=1S/C18H24ClF2N3O3/c1-11(23-12(2)25)7-26-14-5-13(6-14)8-27-17-16(19)15(3-4-22-17)24-9-18(20,21)10-24/h3-4,11,13-14H,5-10H2,1-2H3,(H,23,25)/t11-,13?,14?/m0/s1. The van der Waals surface area contributed by atoms with E-state index in [0.717, 1.165) is 12.8 Å². The number of nitrogens with zero attached hydrogens (tertiary/aromatic N) is 2. The van der Waals surface area contributed by atoms with E-state index in [0.29, 0.717) is 24.8 Å². The zero-order chi connectivity index (χ0) is 19.6. The largest absolute Gasteiger partial charge is 0.476 e. The highest BCUT2D eigenvalue weighted by atomic mass is 35.5. The smallest absolute Gasteiger partial charge is 0.282 e. The lowest BCUT2D eigenvalue weighted by Gasteiger charge is -2.40. The maximum atomic E-state index is 13.1. The Bertz CT molecular complexity index is 678. The molecule has 2 heterocycles. The number of carbonyl (C=O) groups is 1. The van der Waals surface area contributed by atoms with Crippen molar-refractivity contribution in [3.8, 4) is 5.88 Å². The van der Waals surface area contributed by atoms with Crippen molar-refractivity contribution < 1.29 is 23.0 Å². The van der Waals surface area contributed by atoms with Crippen molar-refractivity contribution in [2.45, 2.75) is 44.8 Å². The molecule has 0 radical (unpaired) electrons. The minimum Gasteiger partial charge on any atom is -0.476 e. The van der Waals surface area contributed by atoms with Crippen molar-refractivity contribution in [3.63, 3.8) is 0 Å². The summed E-state index contributed by atoms with van der Waals surface area (Å²) in [5, 5.41) is 3.04. The lowest BCUT2D eigenvalue weighted by Crippen LogP contribution is -2.56. The maximum absolute atomic E-state index is 13.1. The Morgan fingerprint density at radius 2 is 2.19 bits per heavy atom. The second-order valence-corrected chi connectivity index (χ2v) is 7.74. The Morgan fingerprint density at radius 1 is 1.48 bits per heavy atom. The minimum absolute atomic E-state index is 0.0163. The quantitative estimate of drug-likeness (QED) is 0.723. The van der Waals surface area contributed by atoms with Crippen LogP contribution in [0.25, 0.3) is 0 Å². The number of nitrogens with one attached hydrogen (secondary N) is 1. The molecular weight excluding hydrogens is 380 g/mol. The monoisotopic (exact) mass is 403 g/mol. The molecule has 1 aromatic heterocycles. The summed E-state index contributed by atoms with van der Waals surface area (Å²) in [6.45, 7) is 3.63. The van der Waals surface area contributed by atoms with Gasteiger partial charge in [0.1, 0.15) is 5.02 Å². The van der Waals surface area contributed by atoms with Crippen molar-refractivity contribution in [2.75, 3.05) is 31.2 Å². The number of aromatic nitrogens is 1. The predicted octanol–water partition coefficient (Wildman–Crippen LogP) is 2.89. The molecular formula is C18H24ClF2N3O3. The van der Waals surface area contributed by atoms with Crippen LogP contribution in [0.3, 0.4) is 0 Å². The fourth-order valence-electron chi connectivity index (χ4n) is 3.25. The van der Waals surface area contributed by atoms with Gasteiger partial charge in [-0.1, -0.05) is 11.6 Å². The predicted molar refractivity (Wildman–Crippen MR) is 97.6 cm³/mol. The van der Waals surface area contributed by atoms with Crippen LogP contribution in [0.4, 0.5) is 14.5 Å². The van der Waals surface area contributed by atoms with E-state index in [-0.39, 0.29) is 42.0 Å². The van der Waals surface area contributed by atoms with Crippen molar-refractivity contribution in [2.24, 2.45) is 5.92 Å². The average Bonchev–Trinajstić information content (AvgIpc) is 2.51. The van der Waals surface area contributed by atoms with Gasteiger partial charge in [0.25, 0.3) is 5.92 Å². The number of alkyl halides is 2. The van der Waals surface area contributed by atoms with E-state index in [1.807, 2.05) is 6.92 Å². The van der Waals surface area contributed by atoms with Gasteiger partial charge < -0.3 is 19.7 Å². The van der Waals surface area contributed by atoms with Gasteiger partial charge in [0, 0.05) is 19.2 Å². The first kappa shape index (κ1) is 20.1. The van der Waals surface area contributed by atoms with Crippen LogP contribution in [0.5, 0.6) is 5.88 Å². The first-order valence-corrected chi connectivity index (χ1v) is 9.40. The molecule has 3 rings (SSSR count). The highest BCUT2D eigenvalue weighted by Gasteiger charge is 2.44. The van der Waals surface area contributed by atoms with Crippen LogP contribution in [0, 0.1) is 5.92 Å². The molecule has 1 aliphatic heterocycles. The highest BCUT2D eigenvalue weighted by molar-refractivity contribution is 6.34. The fraction of sp³-hybridized carbons (Fsp3) is 0.667. The third-order valence-electron chi connectivity index (χ3n) is 4.70. The molecule has 1 saturated heterocycles. The van der Waals surface area contributed by atoms with Gasteiger partial charge in [-0.25, -0.2) is 13.8 Å². The fourth-order valence-corrected chi connectivity index (χ4v) is 3.54. The maximum Gasteiger partial charge on any atom is 0.282 e. The Labute approximate surface area is 162 Å². The molecule has 150 valence electrons. The second kappa shape index (κ2) is 8.14. The number of rotatable bonds is 8. The normalized spacial score (nSPS) is 24.6. The molecule has 1 saturated carbocycles. The third-order valence-corrected chi connectivity index (χ3v) is 5.06. The van der Waals surface area contributed by atoms with Crippen LogP contribution in [0.1, 0.15) is 26.7 Å². The van der Waals surface area contributed by atoms with Gasteiger partial charge in [-0.3, -0.25) is 4.79 Å². The molecule has 9 heteroatoms. The molecule has 1 aliphatic carbocycles. The third kappa shape index (κ3) is 5.19. The first-order valence-electron chi connectivity index (χ1n) is 9.02. The number of halogens is 3. The number of pyridine rings is 1. The van der Waals surface area contributed by atoms with Gasteiger partial charge in [-0.2, -0.15) is 0 Å². The van der Waals surface area contributed by atoms with Crippen LogP contribution in [0.2, 0.25) is 5.02 Å². The number of anilines is 1. The number of hydrogen-bond donors (Lipinski definition) is 1. The van der Waals surface area contributed by atoms with Crippen molar-refractivity contribution in [1.29, 1.82) is 0 Å². The van der Waals surface area contributed by atoms with E-state index in [1.54, 1.807) is 6.07 Å². The van der Waals surface area contributed by atoms with Gasteiger partial charge in [-0.05, 0) is 31.7 Å². The van der Waals surface area contributed by atoms with E-state index in [9.17, 15) is 13.6 Å². The summed E-state index contributed by atoms with van der Waals surface area (Å²) >= 11 is 6.28. The van der Waals surface area contributed by atoms with E-state index in [2.05, 4.69) is 10.3 Å². The van der Waals surface area contributed by atoms with E-state index in [4.69, 9.17) is 21.1 Å². The van der Waals surface area contributed by atoms with Gasteiger partial charge in [-0.15, -0.1) is 0 Å². The zero-order valence-electron chi connectivity index (χ0n) is 15.4. The Balaban J connectivity index is 1.40. The number of ether oxygens (including phenoxy) is 2. The molecule has 27 heavy (non-hydrogen) atoms. The summed E-state index contributed by atoms with van der Waals surface area (Å²) in [5.41, 5.74) is 0.523.